The molecule has 1 aromatic carbocycles. The van der Waals surface area contributed by atoms with Crippen molar-refractivity contribution >= 4 is 21.4 Å². The van der Waals surface area contributed by atoms with Gasteiger partial charge in [0.05, 0.1) is 6.04 Å². The lowest BCUT2D eigenvalue weighted by molar-refractivity contribution is 0.559. The third-order valence-electron chi connectivity index (χ3n) is 3.54. The van der Waals surface area contributed by atoms with Gasteiger partial charge in [0.25, 0.3) is 0 Å². The van der Waals surface area contributed by atoms with E-state index in [9.17, 15) is 0 Å². The Kier molecular flexibility index (Phi) is 3.85. The quantitative estimate of drug-likeness (QED) is 0.774. The van der Waals surface area contributed by atoms with Gasteiger partial charge in [-0.15, -0.1) is 11.3 Å². The molecule has 0 saturated heterocycles. The molecule has 0 aliphatic rings. The monoisotopic (exact) mass is 285 g/mol. The molecule has 0 saturated carbocycles. The molecule has 4 heteroatoms. The fourth-order valence-electron chi connectivity index (χ4n) is 2.53. The predicted molar refractivity (Wildman–Crippen MR) is 85.2 cm³/mol. The van der Waals surface area contributed by atoms with Crippen molar-refractivity contribution in [1.82, 2.24) is 14.9 Å². The Labute approximate surface area is 123 Å². The SMILES string of the molecule is CCCNC(c1cccc2ccsc12)c1nccn1C. The van der Waals surface area contributed by atoms with Crippen LogP contribution in [0.3, 0.4) is 0 Å². The van der Waals surface area contributed by atoms with E-state index >= 15 is 0 Å². The summed E-state index contributed by atoms with van der Waals surface area (Å²) in [6.07, 6.45) is 4.98. The van der Waals surface area contributed by atoms with Gasteiger partial charge in [0.1, 0.15) is 5.82 Å². The van der Waals surface area contributed by atoms with Crippen LogP contribution in [0.2, 0.25) is 0 Å². The summed E-state index contributed by atoms with van der Waals surface area (Å²) in [7, 11) is 2.05. The Morgan fingerprint density at radius 3 is 3.00 bits per heavy atom. The number of rotatable bonds is 5. The van der Waals surface area contributed by atoms with Gasteiger partial charge in [-0.1, -0.05) is 25.1 Å². The van der Waals surface area contributed by atoms with E-state index in [4.69, 9.17) is 0 Å². The zero-order chi connectivity index (χ0) is 13.9. The number of thiophene rings is 1. The Morgan fingerprint density at radius 1 is 1.35 bits per heavy atom. The maximum atomic E-state index is 4.54. The van der Waals surface area contributed by atoms with E-state index < -0.39 is 0 Å². The highest BCUT2D eigenvalue weighted by atomic mass is 32.1. The van der Waals surface area contributed by atoms with Crippen molar-refractivity contribution in [3.63, 3.8) is 0 Å². The number of hydrogen-bond acceptors (Lipinski definition) is 3. The standard InChI is InChI=1S/C16H19N3S/c1-3-8-17-14(16-18-9-10-19(16)2)13-6-4-5-12-7-11-20-15(12)13/h4-7,9-11,14,17H,3,8H2,1-2H3. The second kappa shape index (κ2) is 5.77. The van der Waals surface area contributed by atoms with Crippen LogP contribution in [0.5, 0.6) is 0 Å². The van der Waals surface area contributed by atoms with E-state index in [0.29, 0.717) is 0 Å². The van der Waals surface area contributed by atoms with E-state index in [1.807, 2.05) is 12.4 Å². The van der Waals surface area contributed by atoms with Gasteiger partial charge in [0, 0.05) is 24.1 Å². The van der Waals surface area contributed by atoms with Crippen molar-refractivity contribution in [1.29, 1.82) is 0 Å². The molecular weight excluding hydrogens is 266 g/mol. The van der Waals surface area contributed by atoms with Crippen LogP contribution in [0.15, 0.2) is 42.0 Å². The van der Waals surface area contributed by atoms with Crippen LogP contribution < -0.4 is 5.32 Å². The van der Waals surface area contributed by atoms with E-state index in [2.05, 4.69) is 58.5 Å². The number of imidazole rings is 1. The van der Waals surface area contributed by atoms with Gasteiger partial charge in [0.15, 0.2) is 0 Å². The Balaban J connectivity index is 2.09. The molecule has 0 amide bonds. The smallest absolute Gasteiger partial charge is 0.130 e. The number of aromatic nitrogens is 2. The van der Waals surface area contributed by atoms with Crippen LogP contribution in [0.1, 0.15) is 30.8 Å². The van der Waals surface area contributed by atoms with Crippen LogP contribution in [0.25, 0.3) is 10.1 Å². The molecule has 0 fully saturated rings. The fourth-order valence-corrected chi connectivity index (χ4v) is 3.47. The van der Waals surface area contributed by atoms with Crippen LogP contribution in [0.4, 0.5) is 0 Å². The van der Waals surface area contributed by atoms with Crippen molar-refractivity contribution in [2.45, 2.75) is 19.4 Å². The van der Waals surface area contributed by atoms with E-state index in [-0.39, 0.29) is 6.04 Å². The summed E-state index contributed by atoms with van der Waals surface area (Å²) in [6.45, 7) is 3.17. The van der Waals surface area contributed by atoms with Gasteiger partial charge in [0.2, 0.25) is 0 Å². The maximum absolute atomic E-state index is 4.54. The van der Waals surface area contributed by atoms with Crippen molar-refractivity contribution in [3.05, 3.63) is 53.4 Å². The molecule has 3 aromatic rings. The van der Waals surface area contributed by atoms with Gasteiger partial charge in [-0.25, -0.2) is 4.98 Å². The molecule has 1 unspecified atom stereocenters. The van der Waals surface area contributed by atoms with Crippen LogP contribution >= 0.6 is 11.3 Å². The lowest BCUT2D eigenvalue weighted by Gasteiger charge is -2.19. The fraction of sp³-hybridized carbons (Fsp3) is 0.312. The Bertz CT molecular complexity index is 698. The van der Waals surface area contributed by atoms with Crippen LogP contribution in [-0.4, -0.2) is 16.1 Å². The number of aryl methyl sites for hydroxylation is 1. The lowest BCUT2D eigenvalue weighted by Crippen LogP contribution is -2.25. The highest BCUT2D eigenvalue weighted by molar-refractivity contribution is 7.17. The molecule has 2 aromatic heterocycles. The molecule has 0 aliphatic carbocycles. The normalized spacial score (nSPS) is 12.9. The molecule has 0 radical (unpaired) electrons. The minimum atomic E-state index is 0.150. The first-order chi connectivity index (χ1) is 9.81. The number of benzene rings is 1. The molecule has 1 atom stereocenters. The van der Waals surface area contributed by atoms with Gasteiger partial charge >= 0.3 is 0 Å². The number of nitrogens with zero attached hydrogens (tertiary/aromatic N) is 2. The summed E-state index contributed by atoms with van der Waals surface area (Å²) in [5.74, 6) is 1.07. The molecule has 0 spiro atoms. The van der Waals surface area contributed by atoms with Crippen molar-refractivity contribution in [2.24, 2.45) is 7.05 Å². The number of nitrogens with one attached hydrogen (secondary N) is 1. The highest BCUT2D eigenvalue weighted by Gasteiger charge is 2.20. The summed E-state index contributed by atoms with van der Waals surface area (Å²) < 4.78 is 3.45. The predicted octanol–water partition coefficient (Wildman–Crippen LogP) is 3.72. The average molecular weight is 285 g/mol. The summed E-state index contributed by atoms with van der Waals surface area (Å²) in [5, 5.41) is 7.10. The largest absolute Gasteiger partial charge is 0.336 e. The third-order valence-corrected chi connectivity index (χ3v) is 4.51. The van der Waals surface area contributed by atoms with Crippen LogP contribution in [0, 0.1) is 0 Å². The molecule has 3 rings (SSSR count). The van der Waals surface area contributed by atoms with Crippen molar-refractivity contribution < 1.29 is 0 Å². The molecule has 3 nitrogen and oxygen atoms in total. The van der Waals surface area contributed by atoms with Gasteiger partial charge in [-0.05, 0) is 35.4 Å². The first kappa shape index (κ1) is 13.3. The minimum absolute atomic E-state index is 0.150. The Morgan fingerprint density at radius 2 is 2.25 bits per heavy atom. The maximum Gasteiger partial charge on any atom is 0.130 e. The van der Waals surface area contributed by atoms with Crippen molar-refractivity contribution in [3.8, 4) is 0 Å². The van der Waals surface area contributed by atoms with E-state index in [1.54, 1.807) is 11.3 Å². The van der Waals surface area contributed by atoms with Crippen molar-refractivity contribution in [2.75, 3.05) is 6.54 Å². The van der Waals surface area contributed by atoms with E-state index in [0.717, 1.165) is 18.8 Å². The second-order valence-corrected chi connectivity index (χ2v) is 5.89. The van der Waals surface area contributed by atoms with Gasteiger partial charge in [-0.3, -0.25) is 0 Å². The topological polar surface area (TPSA) is 29.9 Å². The minimum Gasteiger partial charge on any atom is -0.336 e. The summed E-state index contributed by atoms with van der Waals surface area (Å²) in [4.78, 5) is 4.54. The first-order valence-electron chi connectivity index (χ1n) is 6.98. The highest BCUT2D eigenvalue weighted by Crippen LogP contribution is 2.31. The zero-order valence-corrected chi connectivity index (χ0v) is 12.7. The summed E-state index contributed by atoms with van der Waals surface area (Å²) in [5.41, 5.74) is 1.32. The van der Waals surface area contributed by atoms with Gasteiger partial charge in [-0.2, -0.15) is 0 Å². The summed E-state index contributed by atoms with van der Waals surface area (Å²) >= 11 is 1.80. The van der Waals surface area contributed by atoms with E-state index in [1.165, 1.54) is 15.6 Å². The molecule has 0 bridgehead atoms. The average Bonchev–Trinajstić information content (AvgIpc) is 3.09. The molecule has 0 aliphatic heterocycles. The lowest BCUT2D eigenvalue weighted by atomic mass is 10.0. The number of hydrogen-bond donors (Lipinski definition) is 1. The third kappa shape index (κ3) is 2.37. The van der Waals surface area contributed by atoms with Crippen LogP contribution in [-0.2, 0) is 7.05 Å². The molecule has 20 heavy (non-hydrogen) atoms. The molecule has 104 valence electrons. The zero-order valence-electron chi connectivity index (χ0n) is 11.8. The van der Waals surface area contributed by atoms with Gasteiger partial charge < -0.3 is 9.88 Å². The first-order valence-corrected chi connectivity index (χ1v) is 7.86. The second-order valence-electron chi connectivity index (χ2n) is 4.97. The summed E-state index contributed by atoms with van der Waals surface area (Å²) in [6, 6.07) is 8.84. The molecule has 1 N–H and O–H groups in total. The molecule has 2 heterocycles. The molecular formula is C16H19N3S. The Hall–Kier alpha value is -1.65. The number of fused-ring (bicyclic) bond motifs is 1.